The standard InChI is InChI=1S/C25H29ClN6O.3ClH/c1-30(2)13-14-31-15-17-32(18-16-31)24(33)20-5-9-22(10-6-20)28-25-27-12-11-23(29-25)19-3-7-21(26)8-4-19;;;/h3-12H,13-18H2,1-2H3,(H,27,28,29);3*1H. The molecule has 4 rings (SSSR count). The van der Waals surface area contributed by atoms with Gasteiger partial charge in [0.2, 0.25) is 5.95 Å². The number of piperazine rings is 1. The molecule has 0 unspecified atom stereocenters. The molecule has 0 bridgehead atoms. The summed E-state index contributed by atoms with van der Waals surface area (Å²) in [7, 11) is 4.17. The molecule has 0 saturated carbocycles. The molecule has 1 amide bonds. The van der Waals surface area contributed by atoms with Crippen LogP contribution in [-0.2, 0) is 0 Å². The number of aromatic nitrogens is 2. The maximum Gasteiger partial charge on any atom is 0.253 e. The lowest BCUT2D eigenvalue weighted by molar-refractivity contribution is 0.0630. The summed E-state index contributed by atoms with van der Waals surface area (Å²) >= 11 is 5.98. The van der Waals surface area contributed by atoms with Crippen LogP contribution < -0.4 is 5.32 Å². The van der Waals surface area contributed by atoms with Gasteiger partial charge < -0.3 is 15.1 Å². The first kappa shape index (κ1) is 31.9. The zero-order chi connectivity index (χ0) is 23.2. The molecular weight excluding hydrogens is 542 g/mol. The molecule has 196 valence electrons. The van der Waals surface area contributed by atoms with Crippen LogP contribution in [-0.4, -0.2) is 83.9 Å². The Morgan fingerprint density at radius 2 is 1.58 bits per heavy atom. The van der Waals surface area contributed by atoms with Gasteiger partial charge in [-0.05, 0) is 56.6 Å². The predicted molar refractivity (Wildman–Crippen MR) is 155 cm³/mol. The van der Waals surface area contributed by atoms with Gasteiger partial charge in [-0.2, -0.15) is 0 Å². The van der Waals surface area contributed by atoms with Crippen molar-refractivity contribution in [2.24, 2.45) is 0 Å². The first-order valence-electron chi connectivity index (χ1n) is 11.1. The number of hydrogen-bond donors (Lipinski definition) is 1. The molecule has 36 heavy (non-hydrogen) atoms. The highest BCUT2D eigenvalue weighted by Gasteiger charge is 2.22. The molecule has 1 N–H and O–H groups in total. The summed E-state index contributed by atoms with van der Waals surface area (Å²) < 4.78 is 0. The third-order valence-electron chi connectivity index (χ3n) is 5.71. The van der Waals surface area contributed by atoms with Gasteiger partial charge in [0.15, 0.2) is 0 Å². The van der Waals surface area contributed by atoms with Crippen molar-refractivity contribution in [2.75, 3.05) is 58.7 Å². The van der Waals surface area contributed by atoms with E-state index < -0.39 is 0 Å². The molecular formula is C25H32Cl4N6O. The highest BCUT2D eigenvalue weighted by molar-refractivity contribution is 6.30. The molecule has 0 radical (unpaired) electrons. The number of benzene rings is 2. The van der Waals surface area contributed by atoms with Crippen molar-refractivity contribution in [1.82, 2.24) is 24.7 Å². The Kier molecular flexibility index (Phi) is 13.5. The van der Waals surface area contributed by atoms with Gasteiger partial charge in [-0.1, -0.05) is 23.7 Å². The summed E-state index contributed by atoms with van der Waals surface area (Å²) in [5.41, 5.74) is 3.29. The van der Waals surface area contributed by atoms with E-state index in [0.29, 0.717) is 16.5 Å². The van der Waals surface area contributed by atoms with E-state index in [-0.39, 0.29) is 43.1 Å². The number of nitrogens with zero attached hydrogens (tertiary/aromatic N) is 5. The zero-order valence-corrected chi connectivity index (χ0v) is 23.5. The van der Waals surface area contributed by atoms with Crippen molar-refractivity contribution >= 4 is 66.4 Å². The van der Waals surface area contributed by atoms with Crippen molar-refractivity contribution in [3.05, 3.63) is 71.4 Å². The average molecular weight is 574 g/mol. The van der Waals surface area contributed by atoms with E-state index in [4.69, 9.17) is 11.6 Å². The number of nitrogens with one attached hydrogen (secondary N) is 1. The van der Waals surface area contributed by atoms with Crippen LogP contribution in [0.1, 0.15) is 10.4 Å². The zero-order valence-electron chi connectivity index (χ0n) is 20.3. The quantitative estimate of drug-likeness (QED) is 0.423. The van der Waals surface area contributed by atoms with Gasteiger partial charge in [-0.3, -0.25) is 9.69 Å². The molecule has 7 nitrogen and oxygen atoms in total. The van der Waals surface area contributed by atoms with Crippen LogP contribution in [0.2, 0.25) is 5.02 Å². The second-order valence-corrected chi connectivity index (χ2v) is 8.85. The number of amides is 1. The maximum atomic E-state index is 12.9. The van der Waals surface area contributed by atoms with Crippen LogP contribution in [0.5, 0.6) is 0 Å². The molecule has 1 saturated heterocycles. The Bertz CT molecular complexity index is 1070. The molecule has 11 heteroatoms. The van der Waals surface area contributed by atoms with Gasteiger partial charge in [0.05, 0.1) is 5.69 Å². The van der Waals surface area contributed by atoms with Crippen LogP contribution in [0.4, 0.5) is 11.6 Å². The summed E-state index contributed by atoms with van der Waals surface area (Å²) in [4.78, 5) is 28.3. The number of rotatable bonds is 7. The van der Waals surface area contributed by atoms with Crippen LogP contribution in [0, 0.1) is 0 Å². The summed E-state index contributed by atoms with van der Waals surface area (Å²) in [6, 6.07) is 16.9. The summed E-state index contributed by atoms with van der Waals surface area (Å²) in [6.07, 6.45) is 1.72. The Morgan fingerprint density at radius 1 is 0.944 bits per heavy atom. The Labute approximate surface area is 236 Å². The van der Waals surface area contributed by atoms with Crippen molar-refractivity contribution in [3.63, 3.8) is 0 Å². The molecule has 0 spiro atoms. The van der Waals surface area contributed by atoms with Gasteiger partial charge in [0, 0.05) is 67.3 Å². The number of hydrogen-bond acceptors (Lipinski definition) is 6. The molecule has 3 aromatic rings. The van der Waals surface area contributed by atoms with E-state index in [1.54, 1.807) is 6.20 Å². The van der Waals surface area contributed by atoms with Crippen LogP contribution in [0.3, 0.4) is 0 Å². The molecule has 1 aliphatic rings. The molecule has 1 aromatic heterocycles. The second-order valence-electron chi connectivity index (χ2n) is 8.41. The lowest BCUT2D eigenvalue weighted by atomic mass is 10.1. The maximum absolute atomic E-state index is 12.9. The first-order valence-corrected chi connectivity index (χ1v) is 11.5. The molecule has 1 fully saturated rings. The monoisotopic (exact) mass is 572 g/mol. The summed E-state index contributed by atoms with van der Waals surface area (Å²) in [5, 5.41) is 3.90. The van der Waals surface area contributed by atoms with Gasteiger partial charge >= 0.3 is 0 Å². The van der Waals surface area contributed by atoms with Crippen LogP contribution in [0.15, 0.2) is 60.8 Å². The minimum Gasteiger partial charge on any atom is -0.336 e. The summed E-state index contributed by atoms with van der Waals surface area (Å²) in [5.74, 6) is 0.574. The Morgan fingerprint density at radius 3 is 2.19 bits per heavy atom. The van der Waals surface area contributed by atoms with Gasteiger partial charge in [0.25, 0.3) is 5.91 Å². The van der Waals surface area contributed by atoms with E-state index in [2.05, 4.69) is 39.2 Å². The van der Waals surface area contributed by atoms with Crippen molar-refractivity contribution in [3.8, 4) is 11.3 Å². The lowest BCUT2D eigenvalue weighted by Crippen LogP contribution is -2.49. The number of likely N-dealkylation sites (N-methyl/N-ethyl adjacent to an activating group) is 1. The van der Waals surface area contributed by atoms with Crippen molar-refractivity contribution in [2.45, 2.75) is 0 Å². The molecule has 0 atom stereocenters. The Hall–Kier alpha value is -2.13. The SMILES string of the molecule is CN(C)CCN1CCN(C(=O)c2ccc(Nc3nccc(-c4ccc(Cl)cc4)n3)cc2)CC1.Cl.Cl.Cl. The van der Waals surface area contributed by atoms with E-state index in [1.165, 1.54) is 0 Å². The minimum atomic E-state index is 0. The summed E-state index contributed by atoms with van der Waals surface area (Å²) in [6.45, 7) is 5.43. The van der Waals surface area contributed by atoms with Crippen molar-refractivity contribution < 1.29 is 4.79 Å². The van der Waals surface area contributed by atoms with E-state index in [1.807, 2.05) is 59.5 Å². The van der Waals surface area contributed by atoms with E-state index >= 15 is 0 Å². The molecule has 2 heterocycles. The average Bonchev–Trinajstić information content (AvgIpc) is 2.84. The topological polar surface area (TPSA) is 64.6 Å². The first-order chi connectivity index (χ1) is 16.0. The molecule has 1 aliphatic heterocycles. The largest absolute Gasteiger partial charge is 0.336 e. The van der Waals surface area contributed by atoms with Gasteiger partial charge in [-0.25, -0.2) is 9.97 Å². The molecule has 2 aromatic carbocycles. The highest BCUT2D eigenvalue weighted by Crippen LogP contribution is 2.22. The number of carbonyl (C=O) groups excluding carboxylic acids is 1. The van der Waals surface area contributed by atoms with Crippen LogP contribution >= 0.6 is 48.8 Å². The van der Waals surface area contributed by atoms with Gasteiger partial charge in [-0.15, -0.1) is 37.2 Å². The highest BCUT2D eigenvalue weighted by atomic mass is 35.5. The smallest absolute Gasteiger partial charge is 0.253 e. The molecule has 0 aliphatic carbocycles. The van der Waals surface area contributed by atoms with Crippen LogP contribution in [0.25, 0.3) is 11.3 Å². The van der Waals surface area contributed by atoms with E-state index in [9.17, 15) is 4.79 Å². The van der Waals surface area contributed by atoms with Gasteiger partial charge in [0.1, 0.15) is 0 Å². The fraction of sp³-hybridized carbons (Fsp3) is 0.320. The van der Waals surface area contributed by atoms with E-state index in [0.717, 1.165) is 56.2 Å². The lowest BCUT2D eigenvalue weighted by Gasteiger charge is -2.35. The third-order valence-corrected chi connectivity index (χ3v) is 5.96. The predicted octanol–water partition coefficient (Wildman–Crippen LogP) is 5.13. The Balaban J connectivity index is 0.00000216. The number of carbonyl (C=O) groups is 1. The normalized spacial score (nSPS) is 13.3. The number of anilines is 2. The minimum absolute atomic E-state index is 0. The second kappa shape index (κ2) is 15.2. The fourth-order valence-corrected chi connectivity index (χ4v) is 3.85. The number of halogens is 4. The third kappa shape index (κ3) is 8.76. The fourth-order valence-electron chi connectivity index (χ4n) is 3.72. The van der Waals surface area contributed by atoms with Crippen molar-refractivity contribution in [1.29, 1.82) is 0 Å².